The second kappa shape index (κ2) is 6.76. The third-order valence-electron chi connectivity index (χ3n) is 3.06. The van der Waals surface area contributed by atoms with Crippen LogP contribution in [-0.2, 0) is 0 Å². The summed E-state index contributed by atoms with van der Waals surface area (Å²) in [5.41, 5.74) is 5.94. The van der Waals surface area contributed by atoms with E-state index in [-0.39, 0.29) is 5.56 Å². The van der Waals surface area contributed by atoms with Gasteiger partial charge in [-0.2, -0.15) is 5.26 Å². The maximum atomic E-state index is 11.9. The number of anilines is 1. The third kappa shape index (κ3) is 3.48. The highest BCUT2D eigenvalue weighted by Crippen LogP contribution is 2.25. The van der Waals surface area contributed by atoms with Gasteiger partial charge in [0, 0.05) is 5.56 Å². The maximum absolute atomic E-state index is 11.9. The Hall–Kier alpha value is -3.44. The number of amides is 3. The van der Waals surface area contributed by atoms with Crippen LogP contribution in [0, 0.1) is 11.3 Å². The van der Waals surface area contributed by atoms with Crippen molar-refractivity contribution in [1.29, 1.82) is 5.26 Å². The predicted octanol–water partition coefficient (Wildman–Crippen LogP) is 2.63. The highest BCUT2D eigenvalue weighted by Gasteiger charge is 2.10. The Bertz CT molecular complexity index is 927. The zero-order valence-corrected chi connectivity index (χ0v) is 13.1. The van der Waals surface area contributed by atoms with Crippen LogP contribution in [0.5, 0.6) is 0 Å². The number of hydrogen-bond acceptors (Lipinski definition) is 5. The molecule has 1 heterocycles. The fourth-order valence-electron chi connectivity index (χ4n) is 1.97. The molecule has 8 heteroatoms. The Morgan fingerprint density at radius 2 is 1.92 bits per heavy atom. The van der Waals surface area contributed by atoms with Crippen LogP contribution in [0.1, 0.15) is 15.9 Å². The van der Waals surface area contributed by atoms with Gasteiger partial charge in [-0.15, -0.1) is 0 Å². The normalized spacial score (nSPS) is 9.96. The van der Waals surface area contributed by atoms with Gasteiger partial charge in [-0.05, 0) is 30.3 Å². The first kappa shape index (κ1) is 15.5. The average molecular weight is 337 g/mol. The molecule has 0 saturated heterocycles. The molecule has 0 bridgehead atoms. The van der Waals surface area contributed by atoms with E-state index in [0.29, 0.717) is 10.7 Å². The summed E-state index contributed by atoms with van der Waals surface area (Å²) in [6, 6.07) is 15.0. The van der Waals surface area contributed by atoms with Gasteiger partial charge in [-0.3, -0.25) is 15.5 Å². The number of nitriles is 1. The number of nitrogens with zero attached hydrogens (tertiary/aromatic N) is 2. The first-order valence-corrected chi connectivity index (χ1v) is 7.70. The molecule has 0 atom stereocenters. The molecule has 118 valence electrons. The molecule has 3 aromatic rings. The molecule has 2 aromatic carbocycles. The molecule has 24 heavy (non-hydrogen) atoms. The third-order valence-corrected chi connectivity index (χ3v) is 4.01. The van der Waals surface area contributed by atoms with E-state index in [0.717, 1.165) is 10.2 Å². The molecule has 0 fully saturated rings. The van der Waals surface area contributed by atoms with Crippen molar-refractivity contribution in [3.63, 3.8) is 0 Å². The standard InChI is InChI=1S/C16H11N5O2S/c17-9-10-4-3-5-11(8-10)14(22)20-21-15(23)19-16-18-12-6-1-2-7-13(12)24-16/h1-8H,(H,20,22)(H2,18,19,21,23). The van der Waals surface area contributed by atoms with Crippen molar-refractivity contribution in [2.24, 2.45) is 0 Å². The van der Waals surface area contributed by atoms with E-state index < -0.39 is 11.9 Å². The molecular weight excluding hydrogens is 326 g/mol. The van der Waals surface area contributed by atoms with Gasteiger partial charge in [0.1, 0.15) is 0 Å². The van der Waals surface area contributed by atoms with E-state index in [1.54, 1.807) is 18.2 Å². The van der Waals surface area contributed by atoms with E-state index in [1.807, 2.05) is 30.3 Å². The lowest BCUT2D eigenvalue weighted by Crippen LogP contribution is -2.43. The molecule has 0 unspecified atom stereocenters. The Morgan fingerprint density at radius 3 is 2.71 bits per heavy atom. The average Bonchev–Trinajstić information content (AvgIpc) is 3.01. The summed E-state index contributed by atoms with van der Waals surface area (Å²) in [7, 11) is 0. The summed E-state index contributed by atoms with van der Waals surface area (Å²) in [6.07, 6.45) is 0. The summed E-state index contributed by atoms with van der Waals surface area (Å²) < 4.78 is 0.949. The van der Waals surface area contributed by atoms with Gasteiger partial charge >= 0.3 is 6.03 Å². The fraction of sp³-hybridized carbons (Fsp3) is 0. The summed E-state index contributed by atoms with van der Waals surface area (Å²) in [5, 5.41) is 11.8. The second-order valence-corrected chi connectivity index (χ2v) is 5.74. The quantitative estimate of drug-likeness (QED) is 0.625. The summed E-state index contributed by atoms with van der Waals surface area (Å²) in [4.78, 5) is 28.0. The largest absolute Gasteiger partial charge is 0.339 e. The van der Waals surface area contributed by atoms with Gasteiger partial charge in [-0.1, -0.05) is 29.5 Å². The molecule has 0 radical (unpaired) electrons. The topological polar surface area (TPSA) is 107 Å². The lowest BCUT2D eigenvalue weighted by molar-refractivity contribution is 0.0938. The van der Waals surface area contributed by atoms with Crippen LogP contribution in [-0.4, -0.2) is 16.9 Å². The number of urea groups is 1. The van der Waals surface area contributed by atoms with E-state index in [1.165, 1.54) is 17.4 Å². The smallest absolute Gasteiger partial charge is 0.282 e. The van der Waals surface area contributed by atoms with Crippen LogP contribution in [0.3, 0.4) is 0 Å². The van der Waals surface area contributed by atoms with Crippen LogP contribution in [0.25, 0.3) is 10.2 Å². The van der Waals surface area contributed by atoms with Crippen molar-refractivity contribution in [2.75, 3.05) is 5.32 Å². The van der Waals surface area contributed by atoms with E-state index >= 15 is 0 Å². The van der Waals surface area contributed by atoms with Crippen molar-refractivity contribution >= 4 is 38.6 Å². The van der Waals surface area contributed by atoms with Crippen molar-refractivity contribution in [1.82, 2.24) is 15.8 Å². The minimum atomic E-state index is -0.612. The second-order valence-electron chi connectivity index (χ2n) is 4.71. The monoisotopic (exact) mass is 337 g/mol. The molecule has 3 amide bonds. The number of fused-ring (bicyclic) bond motifs is 1. The van der Waals surface area contributed by atoms with Crippen LogP contribution < -0.4 is 16.2 Å². The van der Waals surface area contributed by atoms with Gasteiger partial charge in [0.15, 0.2) is 5.13 Å². The number of aromatic nitrogens is 1. The molecule has 0 aliphatic carbocycles. The summed E-state index contributed by atoms with van der Waals surface area (Å²) >= 11 is 1.33. The number of benzene rings is 2. The Labute approximate surface area is 140 Å². The minimum absolute atomic E-state index is 0.273. The summed E-state index contributed by atoms with van der Waals surface area (Å²) in [5.74, 6) is -0.522. The first-order chi connectivity index (χ1) is 11.7. The van der Waals surface area contributed by atoms with Crippen LogP contribution in [0.15, 0.2) is 48.5 Å². The molecule has 0 spiro atoms. The van der Waals surface area contributed by atoms with Gasteiger partial charge in [0.25, 0.3) is 5.91 Å². The zero-order valence-electron chi connectivity index (χ0n) is 12.2. The van der Waals surface area contributed by atoms with E-state index in [2.05, 4.69) is 21.2 Å². The number of hydrazine groups is 1. The number of carbonyl (C=O) groups is 2. The minimum Gasteiger partial charge on any atom is -0.282 e. The highest BCUT2D eigenvalue weighted by atomic mass is 32.1. The first-order valence-electron chi connectivity index (χ1n) is 6.89. The van der Waals surface area contributed by atoms with Gasteiger partial charge < -0.3 is 0 Å². The molecule has 3 rings (SSSR count). The van der Waals surface area contributed by atoms with Crippen LogP contribution in [0.2, 0.25) is 0 Å². The number of thiazole rings is 1. The molecule has 1 aromatic heterocycles. The molecule has 0 aliphatic rings. The fourth-order valence-corrected chi connectivity index (χ4v) is 2.83. The molecule has 7 nitrogen and oxygen atoms in total. The predicted molar refractivity (Wildman–Crippen MR) is 90.4 cm³/mol. The number of nitrogens with one attached hydrogen (secondary N) is 3. The van der Waals surface area contributed by atoms with Gasteiger partial charge in [-0.25, -0.2) is 15.2 Å². The van der Waals surface area contributed by atoms with Crippen LogP contribution in [0.4, 0.5) is 9.93 Å². The lowest BCUT2D eigenvalue weighted by Gasteiger charge is -2.07. The van der Waals surface area contributed by atoms with Crippen LogP contribution >= 0.6 is 11.3 Å². The molecule has 0 saturated carbocycles. The Balaban J connectivity index is 1.58. The van der Waals surface area contributed by atoms with Gasteiger partial charge in [0.05, 0.1) is 21.8 Å². The maximum Gasteiger partial charge on any atom is 0.339 e. The molecule has 0 aliphatic heterocycles. The number of para-hydroxylation sites is 1. The van der Waals surface area contributed by atoms with E-state index in [4.69, 9.17) is 5.26 Å². The Morgan fingerprint density at radius 1 is 1.08 bits per heavy atom. The Kier molecular flexibility index (Phi) is 4.36. The summed E-state index contributed by atoms with van der Waals surface area (Å²) in [6.45, 7) is 0. The molecule has 3 N–H and O–H groups in total. The van der Waals surface area contributed by atoms with Crippen molar-refractivity contribution in [3.05, 3.63) is 59.7 Å². The highest BCUT2D eigenvalue weighted by molar-refractivity contribution is 7.22. The zero-order chi connectivity index (χ0) is 16.9. The SMILES string of the molecule is N#Cc1cccc(C(=O)NNC(=O)Nc2nc3ccccc3s2)c1. The van der Waals surface area contributed by atoms with Crippen molar-refractivity contribution < 1.29 is 9.59 Å². The number of hydrogen-bond donors (Lipinski definition) is 3. The van der Waals surface area contributed by atoms with Crippen molar-refractivity contribution in [2.45, 2.75) is 0 Å². The van der Waals surface area contributed by atoms with Gasteiger partial charge in [0.2, 0.25) is 0 Å². The lowest BCUT2D eigenvalue weighted by atomic mass is 10.1. The molecular formula is C16H11N5O2S. The number of rotatable bonds is 2. The van der Waals surface area contributed by atoms with Crippen molar-refractivity contribution in [3.8, 4) is 6.07 Å². The van der Waals surface area contributed by atoms with E-state index in [9.17, 15) is 9.59 Å². The number of carbonyl (C=O) groups excluding carboxylic acids is 2.